The summed E-state index contributed by atoms with van der Waals surface area (Å²) in [6.07, 6.45) is 8.02. The summed E-state index contributed by atoms with van der Waals surface area (Å²) in [4.78, 5) is 11.8. The number of halogens is 1. The van der Waals surface area contributed by atoms with Crippen LogP contribution in [0.25, 0.3) is 0 Å². The molecule has 1 heterocycles. The lowest BCUT2D eigenvalue weighted by Crippen LogP contribution is -2.25. The molecule has 1 aromatic rings. The van der Waals surface area contributed by atoms with Gasteiger partial charge in [-0.1, -0.05) is 25.7 Å². The minimum Gasteiger partial charge on any atom is -0.356 e. The van der Waals surface area contributed by atoms with Crippen LogP contribution in [0.15, 0.2) is 4.47 Å². The molecule has 1 aliphatic rings. The van der Waals surface area contributed by atoms with Gasteiger partial charge in [-0.2, -0.15) is 5.10 Å². The zero-order valence-electron chi connectivity index (χ0n) is 13.1. The average molecular weight is 356 g/mol. The number of aryl methyl sites for hydroxylation is 2. The average Bonchev–Trinajstić information content (AvgIpc) is 3.06. The largest absolute Gasteiger partial charge is 0.356 e. The van der Waals surface area contributed by atoms with Gasteiger partial charge in [-0.25, -0.2) is 0 Å². The second kappa shape index (κ2) is 7.97. The van der Waals surface area contributed by atoms with E-state index < -0.39 is 0 Å². The number of aromatic nitrogens is 2. The normalized spacial score (nSPS) is 15.6. The summed E-state index contributed by atoms with van der Waals surface area (Å²) in [5, 5.41) is 7.50. The summed E-state index contributed by atoms with van der Waals surface area (Å²) in [6, 6.07) is 0. The first-order chi connectivity index (χ1) is 10.1. The number of carbonyl (C=O) groups excluding carboxylic acids is 1. The predicted octanol–water partition coefficient (Wildman–Crippen LogP) is 3.74. The molecule has 0 aromatic carbocycles. The molecule has 5 heteroatoms. The van der Waals surface area contributed by atoms with Gasteiger partial charge >= 0.3 is 0 Å². The molecule has 1 N–H and O–H groups in total. The summed E-state index contributed by atoms with van der Waals surface area (Å²) < 4.78 is 3.09. The number of amides is 1. The Balaban J connectivity index is 1.60. The van der Waals surface area contributed by atoms with Crippen LogP contribution in [-0.2, 0) is 11.3 Å². The fourth-order valence-corrected chi connectivity index (χ4v) is 3.36. The first kappa shape index (κ1) is 16.5. The minimum atomic E-state index is 0.205. The first-order valence-corrected chi connectivity index (χ1v) is 8.83. The second-order valence-electron chi connectivity index (χ2n) is 6.10. The summed E-state index contributed by atoms with van der Waals surface area (Å²) in [7, 11) is 0. The van der Waals surface area contributed by atoms with Gasteiger partial charge < -0.3 is 5.32 Å². The third-order valence-corrected chi connectivity index (χ3v) is 5.56. The van der Waals surface area contributed by atoms with E-state index in [4.69, 9.17) is 0 Å². The molecule has 0 unspecified atom stereocenters. The Kier molecular flexibility index (Phi) is 6.27. The third-order valence-electron chi connectivity index (χ3n) is 4.42. The Labute approximate surface area is 135 Å². The summed E-state index contributed by atoms with van der Waals surface area (Å²) in [5.74, 6) is 0.999. The van der Waals surface area contributed by atoms with Gasteiger partial charge in [-0.15, -0.1) is 0 Å². The van der Waals surface area contributed by atoms with E-state index in [1.54, 1.807) is 0 Å². The predicted molar refractivity (Wildman–Crippen MR) is 88.2 cm³/mol. The van der Waals surface area contributed by atoms with Crippen LogP contribution in [0.5, 0.6) is 0 Å². The minimum absolute atomic E-state index is 0.205. The molecule has 1 saturated carbocycles. The molecule has 0 spiro atoms. The van der Waals surface area contributed by atoms with Gasteiger partial charge in [0.1, 0.15) is 0 Å². The van der Waals surface area contributed by atoms with Crippen molar-refractivity contribution < 1.29 is 4.79 Å². The van der Waals surface area contributed by atoms with Crippen molar-refractivity contribution in [2.45, 2.75) is 65.3 Å². The molecule has 4 nitrogen and oxygen atoms in total. The fourth-order valence-electron chi connectivity index (χ4n) is 3.07. The highest BCUT2D eigenvalue weighted by Gasteiger charge is 2.16. The highest BCUT2D eigenvalue weighted by atomic mass is 79.9. The maximum absolute atomic E-state index is 11.8. The van der Waals surface area contributed by atoms with Crippen molar-refractivity contribution in [3.63, 3.8) is 0 Å². The fraction of sp³-hybridized carbons (Fsp3) is 0.750. The molecule has 0 radical (unpaired) electrons. The van der Waals surface area contributed by atoms with Crippen LogP contribution in [-0.4, -0.2) is 22.2 Å². The molecule has 1 amide bonds. The lowest BCUT2D eigenvalue weighted by Gasteiger charge is -2.09. The smallest absolute Gasteiger partial charge is 0.220 e. The summed E-state index contributed by atoms with van der Waals surface area (Å²) in [6.45, 7) is 5.64. The third kappa shape index (κ3) is 4.83. The highest BCUT2D eigenvalue weighted by molar-refractivity contribution is 9.10. The van der Waals surface area contributed by atoms with Crippen LogP contribution in [0.1, 0.15) is 56.3 Å². The van der Waals surface area contributed by atoms with E-state index in [0.717, 1.165) is 47.7 Å². The molecule has 0 aliphatic heterocycles. The molecule has 1 fully saturated rings. The summed E-state index contributed by atoms with van der Waals surface area (Å²) >= 11 is 3.53. The Bertz CT molecular complexity index is 478. The molecular formula is C16H26BrN3O. The maximum Gasteiger partial charge on any atom is 0.220 e. The lowest BCUT2D eigenvalue weighted by atomic mass is 10.0. The van der Waals surface area contributed by atoms with E-state index in [1.165, 1.54) is 25.7 Å². The molecule has 0 bridgehead atoms. The molecule has 2 rings (SSSR count). The van der Waals surface area contributed by atoms with Gasteiger partial charge in [0, 0.05) is 25.2 Å². The van der Waals surface area contributed by atoms with Crippen LogP contribution in [0.3, 0.4) is 0 Å². The number of rotatable bonds is 7. The Hall–Kier alpha value is -0.840. The standard InChI is InChI=1S/C16H26BrN3O/c1-12-16(17)13(2)20(19-12)11-5-10-18-15(21)9-8-14-6-3-4-7-14/h14H,3-11H2,1-2H3,(H,18,21). The second-order valence-corrected chi connectivity index (χ2v) is 6.89. The van der Waals surface area contributed by atoms with Crippen molar-refractivity contribution in [2.75, 3.05) is 6.54 Å². The van der Waals surface area contributed by atoms with Gasteiger partial charge in [-0.3, -0.25) is 9.48 Å². The monoisotopic (exact) mass is 355 g/mol. The molecule has 118 valence electrons. The number of hydrogen-bond donors (Lipinski definition) is 1. The SMILES string of the molecule is Cc1nn(CCCNC(=O)CCC2CCCC2)c(C)c1Br. The number of nitrogens with one attached hydrogen (secondary N) is 1. The van der Waals surface area contributed by atoms with Gasteiger partial charge in [0.05, 0.1) is 10.2 Å². The van der Waals surface area contributed by atoms with Crippen LogP contribution in [0.2, 0.25) is 0 Å². The van der Waals surface area contributed by atoms with Crippen LogP contribution < -0.4 is 5.32 Å². The topological polar surface area (TPSA) is 46.9 Å². The molecule has 0 saturated heterocycles. The van der Waals surface area contributed by atoms with Crippen molar-refractivity contribution in [1.29, 1.82) is 0 Å². The Morgan fingerprint density at radius 2 is 2.10 bits per heavy atom. The molecule has 21 heavy (non-hydrogen) atoms. The van der Waals surface area contributed by atoms with Crippen molar-refractivity contribution >= 4 is 21.8 Å². The van der Waals surface area contributed by atoms with Crippen LogP contribution in [0, 0.1) is 19.8 Å². The van der Waals surface area contributed by atoms with Crippen molar-refractivity contribution in [3.05, 3.63) is 15.9 Å². The zero-order valence-corrected chi connectivity index (χ0v) is 14.7. The van der Waals surface area contributed by atoms with Crippen LogP contribution >= 0.6 is 15.9 Å². The lowest BCUT2D eigenvalue weighted by molar-refractivity contribution is -0.121. The Morgan fingerprint density at radius 3 is 2.71 bits per heavy atom. The van der Waals surface area contributed by atoms with Gasteiger partial charge in [-0.05, 0) is 48.5 Å². The van der Waals surface area contributed by atoms with Gasteiger partial charge in [0.15, 0.2) is 0 Å². The van der Waals surface area contributed by atoms with E-state index in [0.29, 0.717) is 6.42 Å². The number of nitrogens with zero attached hydrogens (tertiary/aromatic N) is 2. The maximum atomic E-state index is 11.8. The molecule has 1 aromatic heterocycles. The Morgan fingerprint density at radius 1 is 1.38 bits per heavy atom. The van der Waals surface area contributed by atoms with Crippen molar-refractivity contribution in [2.24, 2.45) is 5.92 Å². The van der Waals surface area contributed by atoms with E-state index in [9.17, 15) is 4.79 Å². The van der Waals surface area contributed by atoms with Crippen molar-refractivity contribution in [3.8, 4) is 0 Å². The molecule has 1 aliphatic carbocycles. The first-order valence-electron chi connectivity index (χ1n) is 8.04. The van der Waals surface area contributed by atoms with E-state index in [2.05, 4.69) is 33.3 Å². The number of hydrogen-bond acceptors (Lipinski definition) is 2. The van der Waals surface area contributed by atoms with E-state index >= 15 is 0 Å². The van der Waals surface area contributed by atoms with Crippen molar-refractivity contribution in [1.82, 2.24) is 15.1 Å². The molecule has 0 atom stereocenters. The summed E-state index contributed by atoms with van der Waals surface area (Å²) in [5.41, 5.74) is 2.17. The van der Waals surface area contributed by atoms with E-state index in [1.807, 2.05) is 11.6 Å². The van der Waals surface area contributed by atoms with Crippen LogP contribution in [0.4, 0.5) is 0 Å². The van der Waals surface area contributed by atoms with Gasteiger partial charge in [0.25, 0.3) is 0 Å². The van der Waals surface area contributed by atoms with E-state index in [-0.39, 0.29) is 5.91 Å². The quantitative estimate of drug-likeness (QED) is 0.757. The van der Waals surface area contributed by atoms with Gasteiger partial charge in [0.2, 0.25) is 5.91 Å². The highest BCUT2D eigenvalue weighted by Crippen LogP contribution is 2.28. The molecular weight excluding hydrogens is 330 g/mol. The number of carbonyl (C=O) groups is 1. The zero-order chi connectivity index (χ0) is 15.2.